The van der Waals surface area contributed by atoms with Crippen LogP contribution >= 0.6 is 0 Å². The van der Waals surface area contributed by atoms with Crippen molar-refractivity contribution in [2.75, 3.05) is 13.1 Å². The molecule has 1 aliphatic heterocycles. The van der Waals surface area contributed by atoms with E-state index in [4.69, 9.17) is 0 Å². The van der Waals surface area contributed by atoms with E-state index in [2.05, 4.69) is 17.3 Å². The number of piperidine rings is 1. The molecule has 1 atom stereocenters. The smallest absolute Gasteiger partial charge is 0.243 e. The van der Waals surface area contributed by atoms with Gasteiger partial charge in [-0.05, 0) is 49.5 Å². The number of rotatable bonds is 4. The lowest BCUT2D eigenvalue weighted by Gasteiger charge is -2.46. The standard InChI is InChI=1S/C22H24N2O3S/c25-23-20-11-13-22(16-18-7-3-1-4-8-18)17-24(14-12-19(22)15-20)28(26,27)21-9-5-2-6-10-21/h1-10,15,25H,11-14,16-17H2/b23-20+. The van der Waals surface area contributed by atoms with Gasteiger partial charge >= 0.3 is 0 Å². The fraction of sp³-hybridized carbons (Fsp3) is 0.318. The number of nitrogens with zero attached hydrogens (tertiary/aromatic N) is 2. The summed E-state index contributed by atoms with van der Waals surface area (Å²) in [7, 11) is -3.54. The summed E-state index contributed by atoms with van der Waals surface area (Å²) in [5.41, 5.74) is 2.79. The minimum Gasteiger partial charge on any atom is -0.411 e. The number of oxime groups is 1. The average Bonchev–Trinajstić information content (AvgIpc) is 2.74. The summed E-state index contributed by atoms with van der Waals surface area (Å²) in [4.78, 5) is 0.339. The lowest BCUT2D eigenvalue weighted by Crippen LogP contribution is -2.49. The number of fused-ring (bicyclic) bond motifs is 1. The highest BCUT2D eigenvalue weighted by Crippen LogP contribution is 2.46. The van der Waals surface area contributed by atoms with Crippen molar-refractivity contribution in [2.24, 2.45) is 10.6 Å². The van der Waals surface area contributed by atoms with E-state index in [0.29, 0.717) is 36.5 Å². The molecular formula is C22H24N2O3S. The van der Waals surface area contributed by atoms with Crippen LogP contribution in [-0.2, 0) is 16.4 Å². The lowest BCUT2D eigenvalue weighted by molar-refractivity contribution is 0.196. The first-order valence-corrected chi connectivity index (χ1v) is 11.0. The van der Waals surface area contributed by atoms with Crippen molar-refractivity contribution in [1.82, 2.24) is 4.31 Å². The van der Waals surface area contributed by atoms with E-state index in [1.165, 1.54) is 11.1 Å². The van der Waals surface area contributed by atoms with Gasteiger partial charge in [0.15, 0.2) is 0 Å². The summed E-state index contributed by atoms with van der Waals surface area (Å²) in [6.07, 6.45) is 4.82. The number of sulfonamides is 1. The Hall–Kier alpha value is -2.44. The monoisotopic (exact) mass is 396 g/mol. The zero-order valence-electron chi connectivity index (χ0n) is 15.7. The molecule has 2 aromatic rings. The summed E-state index contributed by atoms with van der Waals surface area (Å²) >= 11 is 0. The third-order valence-electron chi connectivity index (χ3n) is 5.89. The Morgan fingerprint density at radius 2 is 1.68 bits per heavy atom. The van der Waals surface area contributed by atoms with Gasteiger partial charge in [0, 0.05) is 18.5 Å². The number of benzene rings is 2. The molecule has 1 fully saturated rings. The first-order valence-electron chi connectivity index (χ1n) is 9.55. The van der Waals surface area contributed by atoms with E-state index in [1.54, 1.807) is 28.6 Å². The molecular weight excluding hydrogens is 372 g/mol. The lowest BCUT2D eigenvalue weighted by atomic mass is 9.66. The zero-order chi connectivity index (χ0) is 19.6. The van der Waals surface area contributed by atoms with Crippen LogP contribution in [0.5, 0.6) is 0 Å². The minimum absolute atomic E-state index is 0.268. The molecule has 0 bridgehead atoms. The van der Waals surface area contributed by atoms with Crippen LogP contribution in [0.4, 0.5) is 0 Å². The van der Waals surface area contributed by atoms with Crippen LogP contribution in [0.3, 0.4) is 0 Å². The zero-order valence-corrected chi connectivity index (χ0v) is 16.5. The van der Waals surface area contributed by atoms with Crippen molar-refractivity contribution in [3.8, 4) is 0 Å². The van der Waals surface area contributed by atoms with E-state index >= 15 is 0 Å². The van der Waals surface area contributed by atoms with Gasteiger partial charge in [0.05, 0.1) is 10.6 Å². The number of allylic oxidation sites excluding steroid dienone is 1. The third-order valence-corrected chi connectivity index (χ3v) is 7.75. The van der Waals surface area contributed by atoms with Crippen molar-refractivity contribution in [3.63, 3.8) is 0 Å². The highest BCUT2D eigenvalue weighted by atomic mass is 32.2. The summed E-state index contributed by atoms with van der Waals surface area (Å²) in [5, 5.41) is 12.6. The summed E-state index contributed by atoms with van der Waals surface area (Å²) in [6.45, 7) is 0.891. The molecule has 1 N–H and O–H groups in total. The van der Waals surface area contributed by atoms with E-state index < -0.39 is 10.0 Å². The SMILES string of the molecule is O=S(=O)(c1ccccc1)N1CCC2=C/C(=N/O)CCC2(Cc2ccccc2)C1. The highest BCUT2D eigenvalue weighted by Gasteiger charge is 2.44. The Labute approximate surface area is 166 Å². The highest BCUT2D eigenvalue weighted by molar-refractivity contribution is 7.89. The predicted octanol–water partition coefficient (Wildman–Crippen LogP) is 3.86. The van der Waals surface area contributed by atoms with Gasteiger partial charge in [-0.25, -0.2) is 8.42 Å². The van der Waals surface area contributed by atoms with Gasteiger partial charge in [0.1, 0.15) is 0 Å². The van der Waals surface area contributed by atoms with Crippen LogP contribution in [0.1, 0.15) is 24.8 Å². The van der Waals surface area contributed by atoms with Crippen LogP contribution in [0, 0.1) is 5.41 Å². The first kappa shape index (κ1) is 18.9. The minimum atomic E-state index is -3.54. The Balaban J connectivity index is 1.71. The van der Waals surface area contributed by atoms with Gasteiger partial charge in [-0.2, -0.15) is 4.31 Å². The number of hydrogen-bond acceptors (Lipinski definition) is 4. The topological polar surface area (TPSA) is 70.0 Å². The molecule has 1 aliphatic carbocycles. The predicted molar refractivity (Wildman–Crippen MR) is 109 cm³/mol. The summed E-state index contributed by atoms with van der Waals surface area (Å²) in [6, 6.07) is 18.8. The molecule has 0 saturated carbocycles. The van der Waals surface area contributed by atoms with Crippen LogP contribution in [0.25, 0.3) is 0 Å². The van der Waals surface area contributed by atoms with Gasteiger partial charge in [0.2, 0.25) is 10.0 Å². The van der Waals surface area contributed by atoms with Crippen molar-refractivity contribution in [2.45, 2.75) is 30.6 Å². The molecule has 28 heavy (non-hydrogen) atoms. The fourth-order valence-electron chi connectivity index (χ4n) is 4.40. The third kappa shape index (κ3) is 3.50. The molecule has 2 aromatic carbocycles. The molecule has 1 saturated heterocycles. The largest absolute Gasteiger partial charge is 0.411 e. The Bertz CT molecular complexity index is 1000. The molecule has 4 rings (SSSR count). The van der Waals surface area contributed by atoms with E-state index in [0.717, 1.165) is 12.8 Å². The van der Waals surface area contributed by atoms with E-state index in [1.807, 2.05) is 30.3 Å². The molecule has 0 spiro atoms. The van der Waals surface area contributed by atoms with Crippen LogP contribution in [0.15, 0.2) is 82.4 Å². The molecule has 0 aromatic heterocycles. The van der Waals surface area contributed by atoms with Gasteiger partial charge < -0.3 is 5.21 Å². The Morgan fingerprint density at radius 3 is 2.36 bits per heavy atom. The first-order chi connectivity index (χ1) is 13.5. The average molecular weight is 397 g/mol. The molecule has 146 valence electrons. The molecule has 1 heterocycles. The van der Waals surface area contributed by atoms with Crippen LogP contribution in [0.2, 0.25) is 0 Å². The van der Waals surface area contributed by atoms with Crippen LogP contribution < -0.4 is 0 Å². The second kappa shape index (κ2) is 7.53. The van der Waals surface area contributed by atoms with Crippen LogP contribution in [-0.4, -0.2) is 36.7 Å². The Morgan fingerprint density at radius 1 is 1.00 bits per heavy atom. The maximum Gasteiger partial charge on any atom is 0.243 e. The fourth-order valence-corrected chi connectivity index (χ4v) is 5.95. The number of hydrogen-bond donors (Lipinski definition) is 1. The maximum absolute atomic E-state index is 13.2. The molecule has 6 heteroatoms. The van der Waals surface area contributed by atoms with Crippen molar-refractivity contribution < 1.29 is 13.6 Å². The quantitative estimate of drug-likeness (QED) is 0.630. The maximum atomic E-state index is 13.2. The molecule has 0 radical (unpaired) electrons. The second-order valence-electron chi connectivity index (χ2n) is 7.61. The van der Waals surface area contributed by atoms with Gasteiger partial charge in [0.25, 0.3) is 0 Å². The van der Waals surface area contributed by atoms with E-state index in [9.17, 15) is 13.6 Å². The summed E-state index contributed by atoms with van der Waals surface area (Å²) in [5.74, 6) is 0. The normalized spacial score (nSPS) is 24.6. The van der Waals surface area contributed by atoms with Crippen molar-refractivity contribution in [3.05, 3.63) is 77.9 Å². The summed E-state index contributed by atoms with van der Waals surface area (Å²) < 4.78 is 28.1. The molecule has 2 aliphatic rings. The van der Waals surface area contributed by atoms with Crippen molar-refractivity contribution in [1.29, 1.82) is 0 Å². The van der Waals surface area contributed by atoms with Gasteiger partial charge in [-0.1, -0.05) is 59.3 Å². The Kier molecular flexibility index (Phi) is 5.08. The van der Waals surface area contributed by atoms with Gasteiger partial charge in [-0.3, -0.25) is 0 Å². The molecule has 0 amide bonds. The van der Waals surface area contributed by atoms with E-state index in [-0.39, 0.29) is 5.41 Å². The second-order valence-corrected chi connectivity index (χ2v) is 9.54. The molecule has 1 unspecified atom stereocenters. The molecule has 5 nitrogen and oxygen atoms in total. The van der Waals surface area contributed by atoms with Crippen molar-refractivity contribution >= 4 is 15.7 Å². The van der Waals surface area contributed by atoms with Gasteiger partial charge in [-0.15, -0.1) is 0 Å².